The molecule has 0 saturated carbocycles. The summed E-state index contributed by atoms with van der Waals surface area (Å²) >= 11 is 5.91. The molecular formula is C20H19ClF2N4O4. The molecule has 11 heteroatoms. The molecule has 31 heavy (non-hydrogen) atoms. The Labute approximate surface area is 181 Å². The van der Waals surface area contributed by atoms with Gasteiger partial charge in [-0.15, -0.1) is 0 Å². The largest absolute Gasteiger partial charge is 0.480 e. The Bertz CT molecular complexity index is 988. The van der Waals surface area contributed by atoms with Gasteiger partial charge in [0.1, 0.15) is 17.1 Å². The van der Waals surface area contributed by atoms with Crippen molar-refractivity contribution in [2.45, 2.75) is 31.5 Å². The lowest BCUT2D eigenvalue weighted by Gasteiger charge is -2.29. The summed E-state index contributed by atoms with van der Waals surface area (Å²) in [4.78, 5) is 31.5. The molecule has 2 atom stereocenters. The summed E-state index contributed by atoms with van der Waals surface area (Å²) in [5, 5.41) is 15.8. The van der Waals surface area contributed by atoms with Gasteiger partial charge in [-0.3, -0.25) is 14.6 Å². The summed E-state index contributed by atoms with van der Waals surface area (Å²) in [6, 6.07) is 4.77. The Kier molecular flexibility index (Phi) is 7.13. The smallest absolute Gasteiger partial charge is 0.281 e. The molecule has 0 fully saturated rings. The van der Waals surface area contributed by atoms with Crippen LogP contribution in [0.15, 0.2) is 42.9 Å². The van der Waals surface area contributed by atoms with E-state index in [0.29, 0.717) is 22.0 Å². The number of rotatable bonds is 7. The van der Waals surface area contributed by atoms with Crippen molar-refractivity contribution in [2.24, 2.45) is 0 Å². The highest BCUT2D eigenvalue weighted by Gasteiger charge is 2.32. The first kappa shape index (κ1) is 22.6. The maximum absolute atomic E-state index is 12.5. The van der Waals surface area contributed by atoms with Crippen LogP contribution in [0.2, 0.25) is 5.02 Å². The number of amides is 2. The number of carbonyl (C=O) groups is 2. The van der Waals surface area contributed by atoms with Crippen LogP contribution in [0.1, 0.15) is 47.1 Å². The number of benzene rings is 1. The van der Waals surface area contributed by atoms with E-state index < -0.39 is 36.1 Å². The zero-order chi connectivity index (χ0) is 22.5. The number of carbonyl (C=O) groups excluding carboxylic acids is 2. The zero-order valence-corrected chi connectivity index (χ0v) is 16.9. The Morgan fingerprint density at radius 1 is 1.32 bits per heavy atom. The van der Waals surface area contributed by atoms with Gasteiger partial charge in [0.15, 0.2) is 6.10 Å². The van der Waals surface area contributed by atoms with Gasteiger partial charge in [-0.25, -0.2) is 13.8 Å². The maximum atomic E-state index is 12.5. The van der Waals surface area contributed by atoms with Crippen LogP contribution in [-0.2, 0) is 4.79 Å². The van der Waals surface area contributed by atoms with E-state index in [1.165, 1.54) is 0 Å². The lowest BCUT2D eigenvalue weighted by atomic mass is 9.98. The number of aliphatic hydroxyl groups is 1. The minimum Gasteiger partial charge on any atom is -0.480 e. The van der Waals surface area contributed by atoms with Crippen LogP contribution in [0.5, 0.6) is 5.75 Å². The van der Waals surface area contributed by atoms with Gasteiger partial charge in [0.05, 0.1) is 18.5 Å². The normalized spacial score (nSPS) is 17.5. The van der Waals surface area contributed by atoms with Crippen molar-refractivity contribution in [3.05, 3.63) is 64.8 Å². The summed E-state index contributed by atoms with van der Waals surface area (Å²) < 4.78 is 30.6. The fourth-order valence-electron chi connectivity index (χ4n) is 2.88. The standard InChI is InChI=1S/C20H19ClF2N4O4/c1-10(4-5-24-19(29)14-9-25-13(8-26-14)18(22)23)27-20(30)17-7-15(28)12-6-11(21)2-3-16(12)31-17/h2-3,6,8-9,15,17-18,28H,1,4-5,7H2,(H,24,29)(H,27,30)/t15-,17-/m1/s1. The molecule has 0 bridgehead atoms. The molecular weight excluding hydrogens is 434 g/mol. The molecule has 2 aromatic rings. The number of aromatic nitrogens is 2. The van der Waals surface area contributed by atoms with E-state index >= 15 is 0 Å². The van der Waals surface area contributed by atoms with E-state index in [-0.39, 0.29) is 25.1 Å². The van der Waals surface area contributed by atoms with E-state index in [2.05, 4.69) is 27.2 Å². The minimum absolute atomic E-state index is 0.0521. The van der Waals surface area contributed by atoms with E-state index in [4.69, 9.17) is 16.3 Å². The van der Waals surface area contributed by atoms with Gasteiger partial charge in [-0.2, -0.15) is 0 Å². The third-order valence-corrected chi connectivity index (χ3v) is 4.71. The van der Waals surface area contributed by atoms with Crippen LogP contribution in [0.4, 0.5) is 8.78 Å². The molecule has 1 aliphatic rings. The SMILES string of the molecule is C=C(CCNC(=O)c1cnc(C(F)F)cn1)NC(=O)[C@H]1C[C@@H](O)c2cc(Cl)ccc2O1. The van der Waals surface area contributed by atoms with Crippen molar-refractivity contribution in [1.82, 2.24) is 20.6 Å². The highest BCUT2D eigenvalue weighted by Crippen LogP contribution is 2.36. The van der Waals surface area contributed by atoms with E-state index in [9.17, 15) is 23.5 Å². The predicted octanol–water partition coefficient (Wildman–Crippen LogP) is 2.70. The highest BCUT2D eigenvalue weighted by molar-refractivity contribution is 6.30. The molecule has 0 radical (unpaired) electrons. The number of hydrogen-bond acceptors (Lipinski definition) is 6. The molecule has 2 amide bonds. The monoisotopic (exact) mass is 452 g/mol. The fourth-order valence-corrected chi connectivity index (χ4v) is 3.06. The van der Waals surface area contributed by atoms with Crippen molar-refractivity contribution in [3.63, 3.8) is 0 Å². The van der Waals surface area contributed by atoms with E-state index in [1.54, 1.807) is 18.2 Å². The average molecular weight is 453 g/mol. The van der Waals surface area contributed by atoms with Crippen molar-refractivity contribution in [3.8, 4) is 5.75 Å². The third kappa shape index (κ3) is 5.74. The average Bonchev–Trinajstić information content (AvgIpc) is 2.74. The highest BCUT2D eigenvalue weighted by atomic mass is 35.5. The van der Waals surface area contributed by atoms with Crippen molar-refractivity contribution in [2.75, 3.05) is 6.54 Å². The van der Waals surface area contributed by atoms with Crippen molar-refractivity contribution < 1.29 is 28.2 Å². The number of halogens is 3. The van der Waals surface area contributed by atoms with Gasteiger partial charge in [-0.05, 0) is 18.2 Å². The van der Waals surface area contributed by atoms with Crippen molar-refractivity contribution in [1.29, 1.82) is 0 Å². The van der Waals surface area contributed by atoms with Gasteiger partial charge >= 0.3 is 0 Å². The molecule has 3 N–H and O–H groups in total. The lowest BCUT2D eigenvalue weighted by Crippen LogP contribution is -2.41. The van der Waals surface area contributed by atoms with E-state index in [1.807, 2.05) is 0 Å². The zero-order valence-electron chi connectivity index (χ0n) is 16.1. The Morgan fingerprint density at radius 3 is 2.77 bits per heavy atom. The number of ether oxygens (including phenoxy) is 1. The van der Waals surface area contributed by atoms with Gasteiger partial charge in [0.25, 0.3) is 18.2 Å². The first-order valence-corrected chi connectivity index (χ1v) is 9.63. The maximum Gasteiger partial charge on any atom is 0.281 e. The van der Waals surface area contributed by atoms with Gasteiger partial charge in [0.2, 0.25) is 0 Å². The lowest BCUT2D eigenvalue weighted by molar-refractivity contribution is -0.129. The van der Waals surface area contributed by atoms with Crippen molar-refractivity contribution >= 4 is 23.4 Å². The van der Waals surface area contributed by atoms with Crippen LogP contribution in [0.25, 0.3) is 0 Å². The fraction of sp³-hybridized carbons (Fsp3) is 0.300. The second kappa shape index (κ2) is 9.80. The molecule has 0 spiro atoms. The quantitative estimate of drug-likeness (QED) is 0.595. The van der Waals surface area contributed by atoms with Gasteiger partial charge in [0, 0.05) is 35.7 Å². The molecule has 3 rings (SSSR count). The second-order valence-electron chi connectivity index (χ2n) is 6.77. The predicted molar refractivity (Wildman–Crippen MR) is 107 cm³/mol. The Hall–Kier alpha value is -3.11. The topological polar surface area (TPSA) is 113 Å². The van der Waals surface area contributed by atoms with Crippen LogP contribution in [-0.4, -0.2) is 39.5 Å². The molecule has 8 nitrogen and oxygen atoms in total. The number of aliphatic hydroxyl groups excluding tert-OH is 1. The minimum atomic E-state index is -2.77. The summed E-state index contributed by atoms with van der Waals surface area (Å²) in [5.74, 6) is -0.703. The molecule has 0 unspecified atom stereocenters. The first-order chi connectivity index (χ1) is 14.7. The van der Waals surface area contributed by atoms with E-state index in [0.717, 1.165) is 12.4 Å². The summed E-state index contributed by atoms with van der Waals surface area (Å²) in [6.07, 6.45) is -2.52. The first-order valence-electron chi connectivity index (χ1n) is 9.25. The molecule has 1 aromatic carbocycles. The summed E-state index contributed by atoms with van der Waals surface area (Å²) in [5.41, 5.74) is 0.211. The van der Waals surface area contributed by atoms with Crippen LogP contribution >= 0.6 is 11.6 Å². The number of fused-ring (bicyclic) bond motifs is 1. The molecule has 2 heterocycles. The molecule has 164 valence electrons. The Balaban J connectivity index is 1.46. The summed E-state index contributed by atoms with van der Waals surface area (Å²) in [6.45, 7) is 3.85. The van der Waals surface area contributed by atoms with Crippen LogP contribution in [0, 0.1) is 0 Å². The molecule has 0 saturated heterocycles. The Morgan fingerprint density at radius 2 is 2.10 bits per heavy atom. The molecule has 1 aliphatic heterocycles. The number of nitrogens with zero attached hydrogens (tertiary/aromatic N) is 2. The number of alkyl halides is 2. The molecule has 0 aliphatic carbocycles. The second-order valence-corrected chi connectivity index (χ2v) is 7.20. The third-order valence-electron chi connectivity index (χ3n) is 4.47. The van der Waals surface area contributed by atoms with Crippen LogP contribution in [0.3, 0.4) is 0 Å². The van der Waals surface area contributed by atoms with Gasteiger partial charge < -0.3 is 20.5 Å². The van der Waals surface area contributed by atoms with Crippen LogP contribution < -0.4 is 15.4 Å². The van der Waals surface area contributed by atoms with Gasteiger partial charge in [-0.1, -0.05) is 18.2 Å². The number of hydrogen-bond donors (Lipinski definition) is 3. The number of nitrogens with one attached hydrogen (secondary N) is 2. The molecule has 1 aromatic heterocycles. The summed E-state index contributed by atoms with van der Waals surface area (Å²) in [7, 11) is 0.